The summed E-state index contributed by atoms with van der Waals surface area (Å²) in [6.45, 7) is 9.77. The van der Waals surface area contributed by atoms with Gasteiger partial charge in [0.1, 0.15) is 5.54 Å². The highest BCUT2D eigenvalue weighted by Gasteiger charge is 2.43. The number of aryl methyl sites for hydroxylation is 2. The van der Waals surface area contributed by atoms with Gasteiger partial charge < -0.3 is 10.1 Å². The summed E-state index contributed by atoms with van der Waals surface area (Å²) >= 11 is 0. The van der Waals surface area contributed by atoms with Crippen molar-refractivity contribution < 1.29 is 9.53 Å². The summed E-state index contributed by atoms with van der Waals surface area (Å²) in [5.74, 6) is -0.184. The molecule has 4 nitrogen and oxygen atoms in total. The number of benzene rings is 1. The zero-order valence-corrected chi connectivity index (χ0v) is 13.5. The van der Waals surface area contributed by atoms with Gasteiger partial charge in [0.2, 0.25) is 0 Å². The van der Waals surface area contributed by atoms with Crippen molar-refractivity contribution in [2.45, 2.75) is 32.7 Å². The quantitative estimate of drug-likeness (QED) is 0.865. The van der Waals surface area contributed by atoms with Crippen LogP contribution in [0.3, 0.4) is 0 Å². The summed E-state index contributed by atoms with van der Waals surface area (Å²) < 4.78 is 5.15. The molecule has 0 aromatic heterocycles. The molecular weight excluding hydrogens is 264 g/mol. The fourth-order valence-electron chi connectivity index (χ4n) is 3.26. The van der Waals surface area contributed by atoms with Crippen molar-refractivity contribution in [3.05, 3.63) is 34.9 Å². The van der Waals surface area contributed by atoms with Gasteiger partial charge in [-0.25, -0.2) is 4.79 Å². The molecular formula is C17H26N2O2. The third-order valence-corrected chi connectivity index (χ3v) is 4.46. The maximum Gasteiger partial charge on any atom is 0.330 e. The first kappa shape index (κ1) is 16.0. The smallest absolute Gasteiger partial charge is 0.330 e. The van der Waals surface area contributed by atoms with Gasteiger partial charge in [0, 0.05) is 19.6 Å². The molecule has 1 aromatic carbocycles. The molecule has 2 rings (SSSR count). The van der Waals surface area contributed by atoms with Gasteiger partial charge in [0.15, 0.2) is 0 Å². The van der Waals surface area contributed by atoms with Gasteiger partial charge in [-0.1, -0.05) is 23.8 Å². The van der Waals surface area contributed by atoms with Crippen LogP contribution in [0, 0.1) is 13.8 Å². The Morgan fingerprint density at radius 2 is 2.05 bits per heavy atom. The lowest BCUT2D eigenvalue weighted by Crippen LogP contribution is -2.52. The normalized spacial score (nSPS) is 19.6. The lowest BCUT2D eigenvalue weighted by Gasteiger charge is -2.39. The van der Waals surface area contributed by atoms with E-state index >= 15 is 0 Å². The van der Waals surface area contributed by atoms with Crippen molar-refractivity contribution in [2.75, 3.05) is 33.3 Å². The van der Waals surface area contributed by atoms with Gasteiger partial charge >= 0.3 is 5.97 Å². The highest BCUT2D eigenvalue weighted by Crippen LogP contribution is 2.33. The number of carbonyl (C=O) groups excluding carboxylic acids is 1. The first-order valence-corrected chi connectivity index (χ1v) is 7.62. The van der Waals surface area contributed by atoms with Crippen LogP contribution in [0.25, 0.3) is 0 Å². The van der Waals surface area contributed by atoms with Crippen molar-refractivity contribution >= 4 is 5.97 Å². The molecule has 1 fully saturated rings. The van der Waals surface area contributed by atoms with Gasteiger partial charge in [-0.2, -0.15) is 0 Å². The number of hydrogen-bond donors (Lipinski definition) is 1. The molecule has 1 saturated heterocycles. The van der Waals surface area contributed by atoms with Crippen LogP contribution in [0.15, 0.2) is 18.2 Å². The van der Waals surface area contributed by atoms with Crippen LogP contribution in [-0.2, 0) is 15.1 Å². The van der Waals surface area contributed by atoms with Crippen LogP contribution in [-0.4, -0.2) is 44.2 Å². The van der Waals surface area contributed by atoms with Crippen molar-refractivity contribution in [1.29, 1.82) is 0 Å². The Morgan fingerprint density at radius 1 is 1.29 bits per heavy atom. The molecule has 1 aromatic rings. The second kappa shape index (κ2) is 6.58. The number of carbonyl (C=O) groups is 1. The fourth-order valence-corrected chi connectivity index (χ4v) is 3.26. The average Bonchev–Trinajstić information content (AvgIpc) is 2.75. The summed E-state index contributed by atoms with van der Waals surface area (Å²) in [4.78, 5) is 14.8. The van der Waals surface area contributed by atoms with Crippen LogP contribution >= 0.6 is 0 Å². The number of nitrogens with one attached hydrogen (secondary N) is 1. The minimum absolute atomic E-state index is 0.184. The molecule has 0 spiro atoms. The third-order valence-electron chi connectivity index (χ3n) is 4.46. The van der Waals surface area contributed by atoms with E-state index < -0.39 is 5.54 Å². The van der Waals surface area contributed by atoms with Gasteiger partial charge in [0.05, 0.1) is 7.11 Å². The Kier molecular flexibility index (Phi) is 5.01. The van der Waals surface area contributed by atoms with Crippen molar-refractivity contribution in [3.63, 3.8) is 0 Å². The summed E-state index contributed by atoms with van der Waals surface area (Å²) in [6, 6.07) is 6.27. The summed E-state index contributed by atoms with van der Waals surface area (Å²) in [5, 5.41) is 3.39. The van der Waals surface area contributed by atoms with Crippen molar-refractivity contribution in [2.24, 2.45) is 0 Å². The molecule has 0 aliphatic carbocycles. The molecule has 21 heavy (non-hydrogen) atoms. The van der Waals surface area contributed by atoms with Crippen molar-refractivity contribution in [3.8, 4) is 0 Å². The maximum atomic E-state index is 12.6. The standard InChI is InChI=1S/C17H26N2O2/c1-13-6-7-15(14(2)12-13)17(3,16(20)21-4)19-10-5-8-18-9-11-19/h6-7,12,18H,5,8-11H2,1-4H3. The number of ether oxygens (including phenoxy) is 1. The SMILES string of the molecule is COC(=O)C(C)(c1ccc(C)cc1C)N1CCCNCC1. The molecule has 1 N–H and O–H groups in total. The minimum atomic E-state index is -0.724. The lowest BCUT2D eigenvalue weighted by atomic mass is 9.85. The second-order valence-electron chi connectivity index (χ2n) is 5.97. The predicted octanol–water partition coefficient (Wildman–Crippen LogP) is 1.99. The average molecular weight is 290 g/mol. The second-order valence-corrected chi connectivity index (χ2v) is 5.97. The summed E-state index contributed by atoms with van der Waals surface area (Å²) in [6.07, 6.45) is 1.04. The number of esters is 1. The Balaban J connectivity index is 2.47. The Bertz CT molecular complexity index is 508. The van der Waals surface area contributed by atoms with Crippen LogP contribution in [0.1, 0.15) is 30.0 Å². The number of nitrogens with zero attached hydrogens (tertiary/aromatic N) is 1. The van der Waals surface area contributed by atoms with Crippen LogP contribution in [0.4, 0.5) is 0 Å². The van der Waals surface area contributed by atoms with Crippen LogP contribution < -0.4 is 5.32 Å². The monoisotopic (exact) mass is 290 g/mol. The fraction of sp³-hybridized carbons (Fsp3) is 0.588. The van der Waals surface area contributed by atoms with E-state index in [0.717, 1.165) is 43.7 Å². The maximum absolute atomic E-state index is 12.6. The highest BCUT2D eigenvalue weighted by molar-refractivity contribution is 5.82. The van der Waals surface area contributed by atoms with Crippen molar-refractivity contribution in [1.82, 2.24) is 10.2 Å². The van der Waals surface area contributed by atoms with E-state index in [9.17, 15) is 4.79 Å². The van der Waals surface area contributed by atoms with Gasteiger partial charge in [-0.05, 0) is 44.9 Å². The Labute approximate surface area is 127 Å². The first-order chi connectivity index (χ1) is 10.00. The minimum Gasteiger partial charge on any atom is -0.467 e. The number of rotatable bonds is 3. The third kappa shape index (κ3) is 3.11. The zero-order valence-electron chi connectivity index (χ0n) is 13.5. The summed E-state index contributed by atoms with van der Waals surface area (Å²) in [7, 11) is 1.47. The molecule has 0 amide bonds. The molecule has 1 aliphatic heterocycles. The van der Waals surface area contributed by atoms with E-state index in [1.807, 2.05) is 6.92 Å². The molecule has 0 bridgehead atoms. The van der Waals surface area contributed by atoms with Gasteiger partial charge in [-0.3, -0.25) is 4.90 Å². The van der Waals surface area contributed by atoms with Gasteiger partial charge in [-0.15, -0.1) is 0 Å². The predicted molar refractivity (Wildman–Crippen MR) is 84.3 cm³/mol. The van der Waals surface area contributed by atoms with E-state index in [0.29, 0.717) is 0 Å². The van der Waals surface area contributed by atoms with E-state index in [-0.39, 0.29) is 5.97 Å². The molecule has 1 unspecified atom stereocenters. The van der Waals surface area contributed by atoms with E-state index in [1.165, 1.54) is 12.7 Å². The molecule has 0 saturated carbocycles. The largest absolute Gasteiger partial charge is 0.467 e. The molecule has 0 radical (unpaired) electrons. The highest BCUT2D eigenvalue weighted by atomic mass is 16.5. The molecule has 1 atom stereocenters. The topological polar surface area (TPSA) is 41.6 Å². The Morgan fingerprint density at radius 3 is 2.71 bits per heavy atom. The van der Waals surface area contributed by atoms with E-state index in [1.54, 1.807) is 0 Å². The Hall–Kier alpha value is -1.39. The first-order valence-electron chi connectivity index (χ1n) is 7.62. The molecule has 4 heteroatoms. The molecule has 1 aliphatic rings. The van der Waals surface area contributed by atoms with Gasteiger partial charge in [0.25, 0.3) is 0 Å². The molecule has 116 valence electrons. The lowest BCUT2D eigenvalue weighted by molar-refractivity contribution is -0.155. The van der Waals surface area contributed by atoms with E-state index in [4.69, 9.17) is 4.74 Å². The van der Waals surface area contributed by atoms with Crippen LogP contribution in [0.5, 0.6) is 0 Å². The number of methoxy groups -OCH3 is 1. The molecule has 1 heterocycles. The zero-order chi connectivity index (χ0) is 15.5. The summed E-state index contributed by atoms with van der Waals surface area (Å²) in [5.41, 5.74) is 2.67. The number of hydrogen-bond acceptors (Lipinski definition) is 4. The van der Waals surface area contributed by atoms with Crippen LogP contribution in [0.2, 0.25) is 0 Å². The van der Waals surface area contributed by atoms with E-state index in [2.05, 4.69) is 42.3 Å².